The van der Waals surface area contributed by atoms with Gasteiger partial charge in [-0.2, -0.15) is 0 Å². The molecule has 1 atom stereocenters. The minimum atomic E-state index is 0.199. The Hall–Kier alpha value is -1.06. The average molecular weight is 219 g/mol. The molecule has 1 N–H and O–H groups in total. The molecule has 0 saturated carbocycles. The van der Waals surface area contributed by atoms with Crippen LogP contribution in [0.2, 0.25) is 0 Å². The smallest absolute Gasteiger partial charge is 0.123 e. The monoisotopic (exact) mass is 219 g/mol. The summed E-state index contributed by atoms with van der Waals surface area (Å²) in [5, 5.41) is 3.20. The Kier molecular flexibility index (Phi) is 2.58. The van der Waals surface area contributed by atoms with Crippen LogP contribution in [0.3, 0.4) is 0 Å². The van der Waals surface area contributed by atoms with Gasteiger partial charge in [0.05, 0.1) is 19.3 Å². The highest BCUT2D eigenvalue weighted by Gasteiger charge is 2.27. The molecular weight excluding hydrogens is 202 g/mol. The van der Waals surface area contributed by atoms with E-state index in [0.29, 0.717) is 0 Å². The van der Waals surface area contributed by atoms with Crippen molar-refractivity contribution < 1.29 is 9.47 Å². The Labute approximate surface area is 95.8 Å². The molecule has 0 aromatic heterocycles. The molecule has 3 rings (SSSR count). The van der Waals surface area contributed by atoms with Crippen molar-refractivity contribution in [1.29, 1.82) is 0 Å². The van der Waals surface area contributed by atoms with Gasteiger partial charge in [-0.3, -0.25) is 0 Å². The normalized spacial score (nSPS) is 22.4. The molecule has 0 fully saturated rings. The number of nitrogens with one attached hydrogen (secondary N) is 1. The Balaban J connectivity index is 2.06. The number of hydrogen-bond acceptors (Lipinski definition) is 3. The van der Waals surface area contributed by atoms with E-state index in [2.05, 4.69) is 17.4 Å². The number of ether oxygens (including phenoxy) is 2. The zero-order chi connectivity index (χ0) is 11.0. The van der Waals surface area contributed by atoms with Crippen molar-refractivity contribution in [1.82, 2.24) is 5.32 Å². The molecule has 2 aliphatic heterocycles. The lowest BCUT2D eigenvalue weighted by Crippen LogP contribution is -2.26. The van der Waals surface area contributed by atoms with Gasteiger partial charge in [0.25, 0.3) is 0 Å². The van der Waals surface area contributed by atoms with Gasteiger partial charge < -0.3 is 14.8 Å². The lowest BCUT2D eigenvalue weighted by atomic mass is 9.91. The Morgan fingerprint density at radius 2 is 2.25 bits per heavy atom. The maximum absolute atomic E-state index is 5.85. The summed E-state index contributed by atoms with van der Waals surface area (Å²) < 4.78 is 11.5. The quantitative estimate of drug-likeness (QED) is 0.816. The second kappa shape index (κ2) is 4.07. The van der Waals surface area contributed by atoms with Gasteiger partial charge in [-0.15, -0.1) is 0 Å². The molecule has 16 heavy (non-hydrogen) atoms. The summed E-state index contributed by atoms with van der Waals surface area (Å²) in [5.74, 6) is 1.06. The molecule has 2 aliphatic rings. The predicted octanol–water partition coefficient (Wildman–Crippen LogP) is 1.45. The highest BCUT2D eigenvalue weighted by Crippen LogP contribution is 2.37. The van der Waals surface area contributed by atoms with Gasteiger partial charge in [0, 0.05) is 18.5 Å². The summed E-state index contributed by atoms with van der Waals surface area (Å²) in [6, 6.07) is 4.31. The molecule has 1 aromatic carbocycles. The number of benzene rings is 1. The van der Waals surface area contributed by atoms with Crippen molar-refractivity contribution in [2.75, 3.05) is 26.8 Å². The summed E-state index contributed by atoms with van der Waals surface area (Å²) >= 11 is 0. The number of likely N-dealkylation sites (N-methyl/N-ethyl adjacent to an activating group) is 1. The van der Waals surface area contributed by atoms with Crippen molar-refractivity contribution in [3.63, 3.8) is 0 Å². The van der Waals surface area contributed by atoms with Crippen LogP contribution in [0.15, 0.2) is 12.1 Å². The molecule has 3 nitrogen and oxygen atoms in total. The second-order valence-electron chi connectivity index (χ2n) is 4.38. The van der Waals surface area contributed by atoms with E-state index in [1.807, 2.05) is 7.05 Å². The fourth-order valence-electron chi connectivity index (χ4n) is 2.71. The van der Waals surface area contributed by atoms with Crippen LogP contribution in [0.25, 0.3) is 0 Å². The first-order chi connectivity index (χ1) is 7.90. The van der Waals surface area contributed by atoms with Crippen molar-refractivity contribution in [2.24, 2.45) is 0 Å². The summed E-state index contributed by atoms with van der Waals surface area (Å²) in [6.45, 7) is 2.53. The van der Waals surface area contributed by atoms with Crippen LogP contribution >= 0.6 is 0 Å². The van der Waals surface area contributed by atoms with Crippen LogP contribution in [0.5, 0.6) is 5.75 Å². The van der Waals surface area contributed by atoms with Gasteiger partial charge in [-0.1, -0.05) is 6.07 Å². The lowest BCUT2D eigenvalue weighted by Gasteiger charge is -2.27. The third-order valence-corrected chi connectivity index (χ3v) is 3.42. The van der Waals surface area contributed by atoms with E-state index < -0.39 is 0 Å². The summed E-state index contributed by atoms with van der Waals surface area (Å²) in [7, 11) is 1.97. The molecule has 0 spiro atoms. The van der Waals surface area contributed by atoms with Gasteiger partial charge in [0.2, 0.25) is 0 Å². The zero-order valence-corrected chi connectivity index (χ0v) is 9.58. The third kappa shape index (κ3) is 1.51. The predicted molar refractivity (Wildman–Crippen MR) is 62.0 cm³/mol. The molecule has 0 bridgehead atoms. The van der Waals surface area contributed by atoms with Crippen LogP contribution in [0, 0.1) is 0 Å². The summed E-state index contributed by atoms with van der Waals surface area (Å²) in [4.78, 5) is 0. The number of hydrogen-bond donors (Lipinski definition) is 1. The Morgan fingerprint density at radius 3 is 3.12 bits per heavy atom. The Morgan fingerprint density at radius 1 is 1.31 bits per heavy atom. The van der Waals surface area contributed by atoms with Crippen molar-refractivity contribution in [2.45, 2.75) is 18.9 Å². The molecular formula is C13H17NO2. The zero-order valence-electron chi connectivity index (χ0n) is 9.58. The van der Waals surface area contributed by atoms with Crippen LogP contribution in [0.4, 0.5) is 0 Å². The lowest BCUT2D eigenvalue weighted by molar-refractivity contribution is 0.0432. The SMILES string of the molecule is CNC[C@H]1OCCc2ccc3c(c21)CCO3. The topological polar surface area (TPSA) is 30.5 Å². The first-order valence-electron chi connectivity index (χ1n) is 5.94. The van der Waals surface area contributed by atoms with E-state index in [9.17, 15) is 0 Å². The van der Waals surface area contributed by atoms with E-state index in [4.69, 9.17) is 9.47 Å². The summed E-state index contributed by atoms with van der Waals surface area (Å²) in [5.41, 5.74) is 4.20. The molecule has 3 heteroatoms. The van der Waals surface area contributed by atoms with E-state index in [1.165, 1.54) is 16.7 Å². The molecule has 2 heterocycles. The summed E-state index contributed by atoms with van der Waals surface area (Å²) in [6.07, 6.45) is 2.26. The van der Waals surface area contributed by atoms with Gasteiger partial charge in [-0.05, 0) is 30.7 Å². The van der Waals surface area contributed by atoms with Crippen molar-refractivity contribution in [3.05, 3.63) is 28.8 Å². The van der Waals surface area contributed by atoms with Crippen molar-refractivity contribution >= 4 is 0 Å². The van der Waals surface area contributed by atoms with E-state index in [0.717, 1.165) is 38.3 Å². The molecule has 86 valence electrons. The molecule has 0 radical (unpaired) electrons. The fourth-order valence-corrected chi connectivity index (χ4v) is 2.71. The Bertz CT molecular complexity index is 403. The molecule has 0 aliphatic carbocycles. The van der Waals surface area contributed by atoms with Gasteiger partial charge >= 0.3 is 0 Å². The number of rotatable bonds is 2. The highest BCUT2D eigenvalue weighted by molar-refractivity contribution is 5.49. The van der Waals surface area contributed by atoms with Crippen LogP contribution < -0.4 is 10.1 Å². The van der Waals surface area contributed by atoms with Crippen molar-refractivity contribution in [3.8, 4) is 5.75 Å². The largest absolute Gasteiger partial charge is 0.493 e. The molecule has 0 amide bonds. The number of fused-ring (bicyclic) bond motifs is 3. The highest BCUT2D eigenvalue weighted by atomic mass is 16.5. The average Bonchev–Trinajstić information content (AvgIpc) is 2.77. The third-order valence-electron chi connectivity index (χ3n) is 3.42. The molecule has 1 aromatic rings. The maximum Gasteiger partial charge on any atom is 0.123 e. The fraction of sp³-hybridized carbons (Fsp3) is 0.538. The van der Waals surface area contributed by atoms with Gasteiger partial charge in [0.15, 0.2) is 0 Å². The van der Waals surface area contributed by atoms with E-state index in [-0.39, 0.29) is 6.10 Å². The standard InChI is InChI=1S/C13H17NO2/c1-14-8-12-13-9(4-6-16-12)2-3-11-10(13)5-7-15-11/h2-3,12,14H,4-8H2,1H3/t12-/m1/s1. The van der Waals surface area contributed by atoms with E-state index >= 15 is 0 Å². The second-order valence-corrected chi connectivity index (χ2v) is 4.38. The van der Waals surface area contributed by atoms with E-state index in [1.54, 1.807) is 0 Å². The first-order valence-corrected chi connectivity index (χ1v) is 5.94. The minimum absolute atomic E-state index is 0.199. The molecule has 0 saturated heterocycles. The van der Waals surface area contributed by atoms with Gasteiger partial charge in [-0.25, -0.2) is 0 Å². The minimum Gasteiger partial charge on any atom is -0.493 e. The van der Waals surface area contributed by atoms with Crippen LogP contribution in [0.1, 0.15) is 22.8 Å². The van der Waals surface area contributed by atoms with Crippen LogP contribution in [-0.4, -0.2) is 26.8 Å². The maximum atomic E-state index is 5.85. The van der Waals surface area contributed by atoms with Gasteiger partial charge in [0.1, 0.15) is 5.75 Å². The molecule has 0 unspecified atom stereocenters. The first kappa shape index (κ1) is 10.1. The van der Waals surface area contributed by atoms with Crippen LogP contribution in [-0.2, 0) is 17.6 Å².